The molecule has 12 heteroatoms. The smallest absolute Gasteiger partial charge is 0.329 e. The van der Waals surface area contributed by atoms with Crippen molar-refractivity contribution < 1.29 is 39.6 Å². The molecule has 0 bridgehead atoms. The number of carbonyl (C=O) groups is 4. The first-order chi connectivity index (χ1) is 13.9. The zero-order valence-electron chi connectivity index (χ0n) is 16.2. The first-order valence-electron chi connectivity index (χ1n) is 8.81. The van der Waals surface area contributed by atoms with Crippen LogP contribution in [0.3, 0.4) is 0 Å². The molecule has 4 atom stereocenters. The lowest BCUT2D eigenvalue weighted by atomic mass is 9.95. The number of benzene rings is 1. The van der Waals surface area contributed by atoms with Crippen molar-refractivity contribution >= 4 is 35.5 Å². The maximum absolute atomic E-state index is 12.3. The van der Waals surface area contributed by atoms with Gasteiger partial charge in [-0.3, -0.25) is 9.59 Å². The lowest BCUT2D eigenvalue weighted by Crippen LogP contribution is -2.71. The molecule has 2 fully saturated rings. The van der Waals surface area contributed by atoms with Gasteiger partial charge in [0, 0.05) is 4.75 Å². The number of nitrogens with one attached hydrogen (secondary N) is 1. The van der Waals surface area contributed by atoms with E-state index < -0.39 is 58.6 Å². The van der Waals surface area contributed by atoms with Crippen LogP contribution in [0.25, 0.3) is 0 Å². The number of aliphatic carboxylic acids is 2. The predicted molar refractivity (Wildman–Crippen MR) is 105 cm³/mol. The zero-order valence-corrected chi connectivity index (χ0v) is 17.0. The van der Waals surface area contributed by atoms with E-state index in [-0.39, 0.29) is 5.75 Å². The number of carbonyl (C=O) groups excluding carboxylic acids is 2. The normalized spacial score (nSPS) is 24.6. The van der Waals surface area contributed by atoms with E-state index in [1.165, 1.54) is 40.9 Å². The van der Waals surface area contributed by atoms with Crippen molar-refractivity contribution in [2.24, 2.45) is 5.73 Å². The predicted octanol–water partition coefficient (Wildman–Crippen LogP) is -0.913. The van der Waals surface area contributed by atoms with Gasteiger partial charge < -0.3 is 36.4 Å². The molecule has 3 rings (SSSR count). The van der Waals surface area contributed by atoms with E-state index in [2.05, 4.69) is 5.32 Å². The van der Waals surface area contributed by atoms with Gasteiger partial charge in [-0.2, -0.15) is 0 Å². The van der Waals surface area contributed by atoms with Gasteiger partial charge in [-0.1, -0.05) is 12.1 Å². The van der Waals surface area contributed by atoms with Gasteiger partial charge in [-0.15, -0.1) is 11.8 Å². The van der Waals surface area contributed by atoms with Crippen LogP contribution in [0, 0.1) is 0 Å². The monoisotopic (exact) mass is 441 g/mol. The Kier molecular flexibility index (Phi) is 6.95. The number of phenolic OH excluding ortho intramolecular Hbond substituents is 1. The molecule has 2 heterocycles. The third-order valence-electron chi connectivity index (χ3n) is 4.64. The van der Waals surface area contributed by atoms with Crippen LogP contribution >= 0.6 is 11.8 Å². The van der Waals surface area contributed by atoms with Crippen LogP contribution in [0.4, 0.5) is 0 Å². The molecule has 2 saturated heterocycles. The number of β-lactam (4-membered cyclic amide) rings is 1. The number of phenols is 1. The standard InChI is InChI=1S/C16H19N3O5S.C2H4O3/c1-16(2)11(15(23)24)19-13(22)10(14(19)25-16)18-12(21)9(17)7-3-5-8(20)6-4-7;3-1-2(4)5/h3-6,9-11,14,20H,17H2,1-2H3,(H,18,21)(H,23,24);3H,1H2,(H,4,5)/t9-,10-,11+,14-;/m1./s1. The zero-order chi connectivity index (χ0) is 22.8. The topological polar surface area (TPSA) is 190 Å². The van der Waals surface area contributed by atoms with Gasteiger partial charge in [0.1, 0.15) is 35.9 Å². The Morgan fingerprint density at radius 3 is 2.23 bits per heavy atom. The number of aliphatic hydroxyl groups excluding tert-OH is 1. The number of fused-ring (bicyclic) bond motifs is 1. The van der Waals surface area contributed by atoms with Crippen molar-refractivity contribution in [2.45, 2.75) is 42.1 Å². The van der Waals surface area contributed by atoms with Gasteiger partial charge >= 0.3 is 11.9 Å². The highest BCUT2D eigenvalue weighted by Crippen LogP contribution is 2.50. The second-order valence-corrected chi connectivity index (χ2v) is 8.98. The van der Waals surface area contributed by atoms with Gasteiger partial charge in [0.15, 0.2) is 0 Å². The van der Waals surface area contributed by atoms with Crippen LogP contribution < -0.4 is 11.1 Å². The van der Waals surface area contributed by atoms with E-state index in [9.17, 15) is 24.6 Å². The molecule has 0 saturated carbocycles. The average Bonchev–Trinajstić information content (AvgIpc) is 2.94. The number of hydrogen-bond donors (Lipinski definition) is 6. The number of rotatable bonds is 5. The van der Waals surface area contributed by atoms with E-state index in [1.807, 2.05) is 0 Å². The third-order valence-corrected chi connectivity index (χ3v) is 6.21. The van der Waals surface area contributed by atoms with Crippen LogP contribution in [-0.2, 0) is 19.2 Å². The first-order valence-corrected chi connectivity index (χ1v) is 9.69. The number of aliphatic hydroxyl groups is 1. The van der Waals surface area contributed by atoms with E-state index in [0.29, 0.717) is 5.56 Å². The number of aromatic hydroxyl groups is 1. The Morgan fingerprint density at radius 1 is 1.23 bits per heavy atom. The van der Waals surface area contributed by atoms with Crippen molar-refractivity contribution in [3.8, 4) is 5.75 Å². The summed E-state index contributed by atoms with van der Waals surface area (Å²) in [7, 11) is 0. The van der Waals surface area contributed by atoms with E-state index in [0.717, 1.165) is 0 Å². The fourth-order valence-electron chi connectivity index (χ4n) is 3.22. The van der Waals surface area contributed by atoms with E-state index in [1.54, 1.807) is 13.8 Å². The van der Waals surface area contributed by atoms with Gasteiger partial charge in [0.2, 0.25) is 11.8 Å². The SMILES string of the molecule is CC1(C)S[C@@H]2[C@H](NC(=O)[C@H](N)c3ccc(O)cc3)C(=O)N2[C@H]1C(=O)O.O=C(O)CO. The third kappa shape index (κ3) is 4.66. The summed E-state index contributed by atoms with van der Waals surface area (Å²) in [5, 5.41) is 35.9. The minimum atomic E-state index is -1.19. The van der Waals surface area contributed by atoms with Crippen molar-refractivity contribution in [2.75, 3.05) is 6.61 Å². The van der Waals surface area contributed by atoms with Gasteiger partial charge in [-0.25, -0.2) is 9.59 Å². The largest absolute Gasteiger partial charge is 0.508 e. The molecule has 0 aromatic heterocycles. The van der Waals surface area contributed by atoms with Gasteiger partial charge in [0.05, 0.1) is 0 Å². The minimum absolute atomic E-state index is 0.0606. The molecule has 1 aromatic rings. The Bertz CT molecular complexity index is 844. The summed E-state index contributed by atoms with van der Waals surface area (Å²) in [6.45, 7) is 2.76. The second-order valence-electron chi connectivity index (χ2n) is 7.21. The van der Waals surface area contributed by atoms with Crippen molar-refractivity contribution in [1.29, 1.82) is 0 Å². The van der Waals surface area contributed by atoms with E-state index in [4.69, 9.17) is 20.7 Å². The molecule has 0 aliphatic carbocycles. The lowest BCUT2D eigenvalue weighted by Gasteiger charge is -2.43. The molecule has 2 amide bonds. The quantitative estimate of drug-likeness (QED) is 0.312. The van der Waals surface area contributed by atoms with Crippen LogP contribution in [0.5, 0.6) is 5.75 Å². The summed E-state index contributed by atoms with van der Waals surface area (Å²) in [4.78, 5) is 46.6. The lowest BCUT2D eigenvalue weighted by molar-refractivity contribution is -0.161. The molecule has 2 aliphatic heterocycles. The van der Waals surface area contributed by atoms with Gasteiger partial charge in [0.25, 0.3) is 0 Å². The maximum atomic E-state index is 12.3. The summed E-state index contributed by atoms with van der Waals surface area (Å²) >= 11 is 1.35. The maximum Gasteiger partial charge on any atom is 0.329 e. The second kappa shape index (κ2) is 8.90. The highest BCUT2D eigenvalue weighted by molar-refractivity contribution is 8.01. The number of carboxylic acids is 2. The van der Waals surface area contributed by atoms with Crippen LogP contribution in [-0.4, -0.2) is 77.9 Å². The first kappa shape index (κ1) is 23.4. The molecule has 0 radical (unpaired) electrons. The van der Waals surface area contributed by atoms with Crippen LogP contribution in [0.2, 0.25) is 0 Å². The number of thioether (sulfide) groups is 1. The van der Waals surface area contributed by atoms with Gasteiger partial charge in [-0.05, 0) is 31.5 Å². The van der Waals surface area contributed by atoms with Crippen molar-refractivity contribution in [1.82, 2.24) is 10.2 Å². The Hall–Kier alpha value is -2.83. The number of nitrogens with zero attached hydrogens (tertiary/aromatic N) is 1. The summed E-state index contributed by atoms with van der Waals surface area (Å²) in [6, 6.07) is 3.21. The molecule has 0 unspecified atom stereocenters. The summed E-state index contributed by atoms with van der Waals surface area (Å²) in [5.74, 6) is -3.13. The Balaban J connectivity index is 0.000000575. The van der Waals surface area contributed by atoms with E-state index >= 15 is 0 Å². The molecule has 1 aromatic carbocycles. The van der Waals surface area contributed by atoms with Crippen molar-refractivity contribution in [3.63, 3.8) is 0 Å². The molecule has 164 valence electrons. The highest BCUT2D eigenvalue weighted by Gasteiger charge is 2.64. The number of amides is 2. The number of hydrogen-bond acceptors (Lipinski definition) is 8. The molecule has 0 spiro atoms. The summed E-state index contributed by atoms with van der Waals surface area (Å²) < 4.78 is -0.648. The highest BCUT2D eigenvalue weighted by atomic mass is 32.2. The molecular weight excluding hydrogens is 418 g/mol. The fraction of sp³-hybridized carbons (Fsp3) is 0.444. The molecule has 2 aliphatic rings. The number of nitrogens with two attached hydrogens (primary N) is 1. The Labute approximate surface area is 175 Å². The summed E-state index contributed by atoms with van der Waals surface area (Å²) in [5.41, 5.74) is 6.41. The molecule has 30 heavy (non-hydrogen) atoms. The average molecular weight is 441 g/mol. The fourth-order valence-corrected chi connectivity index (χ4v) is 4.85. The van der Waals surface area contributed by atoms with Crippen LogP contribution in [0.15, 0.2) is 24.3 Å². The van der Waals surface area contributed by atoms with Crippen LogP contribution in [0.1, 0.15) is 25.5 Å². The van der Waals surface area contributed by atoms with Crippen molar-refractivity contribution in [3.05, 3.63) is 29.8 Å². The molecule has 11 nitrogen and oxygen atoms in total. The number of carboxylic acid groups (broad SMARTS) is 2. The minimum Gasteiger partial charge on any atom is -0.508 e. The molecular formula is C18H23N3O8S. The Morgan fingerprint density at radius 2 is 1.77 bits per heavy atom. The summed E-state index contributed by atoms with van der Waals surface area (Å²) in [6.07, 6.45) is 0. The molecule has 7 N–H and O–H groups in total.